The maximum atomic E-state index is 13.2. The summed E-state index contributed by atoms with van der Waals surface area (Å²) in [6, 6.07) is 2.29. The van der Waals surface area contributed by atoms with Crippen LogP contribution in [0.2, 0.25) is 0 Å². The van der Waals surface area contributed by atoms with Crippen LogP contribution in [0.15, 0.2) is 23.3 Å². The third-order valence-electron chi connectivity index (χ3n) is 2.65. The first kappa shape index (κ1) is 13.1. The van der Waals surface area contributed by atoms with Gasteiger partial charge in [-0.3, -0.25) is 9.59 Å². The van der Waals surface area contributed by atoms with E-state index in [2.05, 4.69) is 15.8 Å². The van der Waals surface area contributed by atoms with E-state index in [0.29, 0.717) is 12.8 Å². The molecule has 1 fully saturated rings. The van der Waals surface area contributed by atoms with Gasteiger partial charge in [0.1, 0.15) is 17.7 Å². The Morgan fingerprint density at radius 2 is 2.26 bits per heavy atom. The van der Waals surface area contributed by atoms with Crippen LogP contribution in [-0.2, 0) is 9.59 Å². The number of carbonyl (C=O) groups is 2. The highest BCUT2D eigenvalue weighted by Crippen LogP contribution is 2.08. The number of hydrogen-bond donors (Lipinski definition) is 2. The normalized spacial score (nSPS) is 18.6. The minimum absolute atomic E-state index is 0.0734. The maximum absolute atomic E-state index is 13.2. The Kier molecular flexibility index (Phi) is 3.84. The number of carbonyl (C=O) groups excluding carboxylic acids is 2. The fourth-order valence-corrected chi connectivity index (χ4v) is 1.67. The van der Waals surface area contributed by atoms with Crippen LogP contribution < -0.4 is 10.7 Å². The summed E-state index contributed by atoms with van der Waals surface area (Å²) in [7, 11) is 0. The van der Waals surface area contributed by atoms with Gasteiger partial charge in [0, 0.05) is 12.0 Å². The van der Waals surface area contributed by atoms with Crippen molar-refractivity contribution in [3.63, 3.8) is 0 Å². The SMILES string of the molecule is O=C1CCC(C(=O)N/N=C/c2cc(F)ccc2F)N1. The van der Waals surface area contributed by atoms with Crippen LogP contribution in [0.3, 0.4) is 0 Å². The number of hydrazone groups is 1. The number of benzene rings is 1. The van der Waals surface area contributed by atoms with Crippen LogP contribution in [0.4, 0.5) is 8.78 Å². The highest BCUT2D eigenvalue weighted by Gasteiger charge is 2.26. The predicted octanol–water partition coefficient (Wildman–Crippen LogP) is 0.693. The van der Waals surface area contributed by atoms with Gasteiger partial charge in [0.25, 0.3) is 5.91 Å². The number of nitrogens with one attached hydrogen (secondary N) is 2. The number of rotatable bonds is 3. The lowest BCUT2D eigenvalue weighted by molar-refractivity contribution is -0.125. The molecule has 2 N–H and O–H groups in total. The lowest BCUT2D eigenvalue weighted by Gasteiger charge is -2.06. The van der Waals surface area contributed by atoms with Crippen LogP contribution in [0, 0.1) is 11.6 Å². The van der Waals surface area contributed by atoms with E-state index in [4.69, 9.17) is 0 Å². The molecule has 2 rings (SSSR count). The largest absolute Gasteiger partial charge is 0.344 e. The molecule has 19 heavy (non-hydrogen) atoms. The minimum Gasteiger partial charge on any atom is -0.344 e. The van der Waals surface area contributed by atoms with Gasteiger partial charge in [0.05, 0.1) is 6.21 Å². The summed E-state index contributed by atoms with van der Waals surface area (Å²) in [5.41, 5.74) is 2.09. The van der Waals surface area contributed by atoms with Gasteiger partial charge in [-0.25, -0.2) is 14.2 Å². The van der Waals surface area contributed by atoms with Crippen molar-refractivity contribution >= 4 is 18.0 Å². The highest BCUT2D eigenvalue weighted by atomic mass is 19.1. The van der Waals surface area contributed by atoms with Crippen LogP contribution in [-0.4, -0.2) is 24.1 Å². The molecule has 1 aliphatic rings. The second-order valence-corrected chi connectivity index (χ2v) is 4.06. The van der Waals surface area contributed by atoms with Gasteiger partial charge in [-0.15, -0.1) is 0 Å². The van der Waals surface area contributed by atoms with Crippen molar-refractivity contribution in [2.45, 2.75) is 18.9 Å². The summed E-state index contributed by atoms with van der Waals surface area (Å²) in [4.78, 5) is 22.4. The van der Waals surface area contributed by atoms with Gasteiger partial charge in [-0.05, 0) is 24.6 Å². The first-order chi connectivity index (χ1) is 9.06. The second-order valence-electron chi connectivity index (χ2n) is 4.06. The monoisotopic (exact) mass is 267 g/mol. The van der Waals surface area contributed by atoms with Gasteiger partial charge in [-0.2, -0.15) is 5.10 Å². The maximum Gasteiger partial charge on any atom is 0.262 e. The van der Waals surface area contributed by atoms with Crippen LogP contribution in [0.1, 0.15) is 18.4 Å². The molecule has 1 aromatic rings. The molecule has 5 nitrogen and oxygen atoms in total. The number of amides is 2. The summed E-state index contributed by atoms with van der Waals surface area (Å²) in [5, 5.41) is 5.99. The average molecular weight is 267 g/mol. The molecule has 2 amide bonds. The van der Waals surface area contributed by atoms with Gasteiger partial charge in [-0.1, -0.05) is 0 Å². The third-order valence-corrected chi connectivity index (χ3v) is 2.65. The molecule has 1 unspecified atom stereocenters. The Bertz CT molecular complexity index is 546. The van der Waals surface area contributed by atoms with E-state index in [0.717, 1.165) is 24.4 Å². The van der Waals surface area contributed by atoms with Crippen molar-refractivity contribution in [2.24, 2.45) is 5.10 Å². The van der Waals surface area contributed by atoms with E-state index in [1.165, 1.54) is 0 Å². The number of nitrogens with zero attached hydrogens (tertiary/aromatic N) is 1. The smallest absolute Gasteiger partial charge is 0.262 e. The van der Waals surface area contributed by atoms with Gasteiger partial charge < -0.3 is 5.32 Å². The molecule has 7 heteroatoms. The molecule has 0 spiro atoms. The van der Waals surface area contributed by atoms with E-state index >= 15 is 0 Å². The lowest BCUT2D eigenvalue weighted by Crippen LogP contribution is -2.39. The summed E-state index contributed by atoms with van der Waals surface area (Å²) in [5.74, 6) is -1.93. The average Bonchev–Trinajstić information content (AvgIpc) is 2.80. The molecule has 0 aliphatic carbocycles. The van der Waals surface area contributed by atoms with Crippen molar-refractivity contribution in [3.05, 3.63) is 35.4 Å². The van der Waals surface area contributed by atoms with E-state index < -0.39 is 23.6 Å². The molecule has 0 aromatic heterocycles. The molecule has 1 aromatic carbocycles. The highest BCUT2D eigenvalue weighted by molar-refractivity contribution is 5.91. The molecule has 0 radical (unpaired) electrons. The Hall–Kier alpha value is -2.31. The van der Waals surface area contributed by atoms with Gasteiger partial charge >= 0.3 is 0 Å². The zero-order valence-corrected chi connectivity index (χ0v) is 9.82. The van der Waals surface area contributed by atoms with Crippen molar-refractivity contribution < 1.29 is 18.4 Å². The van der Waals surface area contributed by atoms with Crippen molar-refractivity contribution in [1.82, 2.24) is 10.7 Å². The molecule has 1 saturated heterocycles. The lowest BCUT2D eigenvalue weighted by atomic mass is 10.2. The predicted molar refractivity (Wildman–Crippen MR) is 63.3 cm³/mol. The van der Waals surface area contributed by atoms with Gasteiger partial charge in [0.15, 0.2) is 0 Å². The molecule has 1 heterocycles. The van der Waals surface area contributed by atoms with Crippen molar-refractivity contribution in [1.29, 1.82) is 0 Å². The molecule has 1 aliphatic heterocycles. The first-order valence-electron chi connectivity index (χ1n) is 5.63. The van der Waals surface area contributed by atoms with Crippen LogP contribution >= 0.6 is 0 Å². The molecule has 0 saturated carbocycles. The summed E-state index contributed by atoms with van der Waals surface area (Å²) >= 11 is 0. The first-order valence-corrected chi connectivity index (χ1v) is 5.63. The summed E-state index contributed by atoms with van der Waals surface area (Å²) in [6.07, 6.45) is 1.70. The van der Waals surface area contributed by atoms with Crippen molar-refractivity contribution in [3.8, 4) is 0 Å². The Morgan fingerprint density at radius 3 is 2.95 bits per heavy atom. The van der Waals surface area contributed by atoms with E-state index in [-0.39, 0.29) is 11.5 Å². The number of halogens is 2. The Morgan fingerprint density at radius 1 is 1.47 bits per heavy atom. The number of hydrogen-bond acceptors (Lipinski definition) is 3. The Labute approximate surface area is 107 Å². The van der Waals surface area contributed by atoms with E-state index in [9.17, 15) is 18.4 Å². The van der Waals surface area contributed by atoms with Gasteiger partial charge in [0.2, 0.25) is 5.91 Å². The molecule has 1 atom stereocenters. The fourth-order valence-electron chi connectivity index (χ4n) is 1.67. The van der Waals surface area contributed by atoms with E-state index in [1.807, 2.05) is 0 Å². The third kappa shape index (κ3) is 3.34. The van der Waals surface area contributed by atoms with Crippen LogP contribution in [0.5, 0.6) is 0 Å². The van der Waals surface area contributed by atoms with Crippen molar-refractivity contribution in [2.75, 3.05) is 0 Å². The summed E-state index contributed by atoms with van der Waals surface area (Å²) in [6.45, 7) is 0. The zero-order valence-electron chi connectivity index (χ0n) is 9.82. The summed E-state index contributed by atoms with van der Waals surface area (Å²) < 4.78 is 26.1. The molecular formula is C12H11F2N3O2. The topological polar surface area (TPSA) is 70.6 Å². The molecular weight excluding hydrogens is 256 g/mol. The molecule has 100 valence electrons. The minimum atomic E-state index is -0.645. The second kappa shape index (κ2) is 5.55. The molecule has 0 bridgehead atoms. The quantitative estimate of drug-likeness (QED) is 0.625. The standard InChI is InChI=1S/C12H11F2N3O2/c13-8-1-2-9(14)7(5-8)6-15-17-12(19)10-3-4-11(18)16-10/h1-2,5-6,10H,3-4H2,(H,16,18)(H,17,19)/b15-6+. The van der Waals surface area contributed by atoms with E-state index in [1.54, 1.807) is 0 Å². The Balaban J connectivity index is 1.94. The fraction of sp³-hybridized carbons (Fsp3) is 0.250. The zero-order chi connectivity index (χ0) is 13.8. The van der Waals surface area contributed by atoms with Crippen LogP contribution in [0.25, 0.3) is 0 Å².